The summed E-state index contributed by atoms with van der Waals surface area (Å²) in [6.07, 6.45) is 2.47. The molecule has 6 nitrogen and oxygen atoms in total. The maximum atomic E-state index is 6.10. The van der Waals surface area contributed by atoms with E-state index in [-0.39, 0.29) is 6.04 Å². The average Bonchev–Trinajstić information content (AvgIpc) is 2.83. The van der Waals surface area contributed by atoms with E-state index in [0.717, 1.165) is 24.4 Å². The minimum Gasteiger partial charge on any atom is -0.379 e. The molecule has 2 aromatic heterocycles. The zero-order valence-electron chi connectivity index (χ0n) is 11.4. The Morgan fingerprint density at radius 2 is 2.32 bits per heavy atom. The molecule has 0 saturated carbocycles. The molecule has 0 fully saturated rings. The van der Waals surface area contributed by atoms with Crippen LogP contribution < -0.4 is 5.32 Å². The minimum atomic E-state index is 0.149. The highest BCUT2D eigenvalue weighted by atomic mass is 35.5. The fourth-order valence-corrected chi connectivity index (χ4v) is 1.91. The van der Waals surface area contributed by atoms with Gasteiger partial charge in [-0.15, -0.1) is 0 Å². The first kappa shape index (κ1) is 14.0. The molecule has 0 radical (unpaired) electrons. The summed E-state index contributed by atoms with van der Waals surface area (Å²) in [6, 6.07) is 0.149. The van der Waals surface area contributed by atoms with Crippen LogP contribution in [0.2, 0.25) is 5.15 Å². The molecular formula is C12H18ClN5O. The summed E-state index contributed by atoms with van der Waals surface area (Å²) in [4.78, 5) is 8.21. The second kappa shape index (κ2) is 6.16. The van der Waals surface area contributed by atoms with Gasteiger partial charge in [0.1, 0.15) is 17.3 Å². The van der Waals surface area contributed by atoms with E-state index in [1.54, 1.807) is 4.52 Å². The van der Waals surface area contributed by atoms with Crippen molar-refractivity contribution in [3.8, 4) is 0 Å². The lowest BCUT2D eigenvalue weighted by Crippen LogP contribution is -2.24. The summed E-state index contributed by atoms with van der Waals surface area (Å²) in [7, 11) is 0. The average molecular weight is 284 g/mol. The molecule has 0 saturated heterocycles. The quantitative estimate of drug-likeness (QED) is 0.651. The zero-order chi connectivity index (χ0) is 13.8. The number of ether oxygens (including phenoxy) is 1. The van der Waals surface area contributed by atoms with Crippen LogP contribution in [0.5, 0.6) is 0 Å². The van der Waals surface area contributed by atoms with E-state index in [2.05, 4.69) is 27.3 Å². The second-order valence-corrected chi connectivity index (χ2v) is 4.83. The molecule has 0 bridgehead atoms. The molecule has 104 valence electrons. The van der Waals surface area contributed by atoms with Crippen molar-refractivity contribution < 1.29 is 4.74 Å². The molecule has 0 aliphatic rings. The lowest BCUT2D eigenvalue weighted by Gasteiger charge is -2.17. The van der Waals surface area contributed by atoms with Gasteiger partial charge in [0.05, 0.1) is 6.61 Å². The number of aromatic nitrogens is 4. The van der Waals surface area contributed by atoms with Gasteiger partial charge < -0.3 is 10.1 Å². The molecule has 0 aliphatic heterocycles. The Bertz CT molecular complexity index is 556. The van der Waals surface area contributed by atoms with Crippen molar-refractivity contribution in [1.82, 2.24) is 19.6 Å². The molecule has 0 aliphatic carbocycles. The van der Waals surface area contributed by atoms with Crippen molar-refractivity contribution in [2.45, 2.75) is 33.2 Å². The maximum absolute atomic E-state index is 6.10. The van der Waals surface area contributed by atoms with E-state index in [4.69, 9.17) is 16.3 Å². The topological polar surface area (TPSA) is 64.3 Å². The van der Waals surface area contributed by atoms with Crippen LogP contribution in [0, 0.1) is 6.92 Å². The maximum Gasteiger partial charge on any atom is 0.255 e. The Kier molecular flexibility index (Phi) is 4.55. The summed E-state index contributed by atoms with van der Waals surface area (Å²) in [5, 5.41) is 7.94. The number of anilines is 1. The summed E-state index contributed by atoms with van der Waals surface area (Å²) in [6.45, 7) is 7.43. The predicted molar refractivity (Wildman–Crippen MR) is 74.7 cm³/mol. The van der Waals surface area contributed by atoms with Crippen molar-refractivity contribution in [1.29, 1.82) is 0 Å². The number of halogens is 1. The van der Waals surface area contributed by atoms with Crippen molar-refractivity contribution >= 4 is 23.2 Å². The van der Waals surface area contributed by atoms with Crippen molar-refractivity contribution in [3.63, 3.8) is 0 Å². The molecular weight excluding hydrogens is 266 g/mol. The van der Waals surface area contributed by atoms with Crippen LogP contribution >= 0.6 is 11.6 Å². The molecule has 7 heteroatoms. The molecule has 0 amide bonds. The minimum absolute atomic E-state index is 0.149. The van der Waals surface area contributed by atoms with Crippen LogP contribution in [0.15, 0.2) is 6.33 Å². The number of hydrogen-bond donors (Lipinski definition) is 1. The Morgan fingerprint density at radius 1 is 1.53 bits per heavy atom. The summed E-state index contributed by atoms with van der Waals surface area (Å²) >= 11 is 6.10. The van der Waals surface area contributed by atoms with Crippen LogP contribution in [0.3, 0.4) is 0 Å². The molecule has 2 heterocycles. The normalized spacial score (nSPS) is 12.8. The van der Waals surface area contributed by atoms with E-state index in [0.29, 0.717) is 17.5 Å². The smallest absolute Gasteiger partial charge is 0.255 e. The van der Waals surface area contributed by atoms with E-state index in [9.17, 15) is 0 Å². The first-order valence-electron chi connectivity index (χ1n) is 6.33. The standard InChI is InChI=1S/C12H18ClN5O/c1-4-5-19-6-8(2)16-11-9(3)10(13)17-12-14-7-15-18(11)12/h7-8,16H,4-6H2,1-3H3. The Hall–Kier alpha value is -1.40. The number of rotatable bonds is 6. The van der Waals surface area contributed by atoms with Crippen molar-refractivity contribution in [2.24, 2.45) is 0 Å². The predicted octanol–water partition coefficient (Wildman–Crippen LogP) is 2.31. The zero-order valence-corrected chi connectivity index (χ0v) is 12.1. The summed E-state index contributed by atoms with van der Waals surface area (Å²) in [5.74, 6) is 1.29. The van der Waals surface area contributed by atoms with E-state index in [1.165, 1.54) is 6.33 Å². The third-order valence-electron chi connectivity index (χ3n) is 2.70. The van der Waals surface area contributed by atoms with Crippen molar-refractivity contribution in [2.75, 3.05) is 18.5 Å². The molecule has 1 N–H and O–H groups in total. The van der Waals surface area contributed by atoms with Crippen molar-refractivity contribution in [3.05, 3.63) is 17.0 Å². The Morgan fingerprint density at radius 3 is 3.05 bits per heavy atom. The molecule has 2 rings (SSSR count). The van der Waals surface area contributed by atoms with Gasteiger partial charge in [0.2, 0.25) is 0 Å². The number of nitrogens with one attached hydrogen (secondary N) is 1. The van der Waals surface area contributed by atoms with E-state index < -0.39 is 0 Å². The van der Waals surface area contributed by atoms with Gasteiger partial charge in [-0.25, -0.2) is 0 Å². The van der Waals surface area contributed by atoms with Gasteiger partial charge in [0.25, 0.3) is 5.78 Å². The third kappa shape index (κ3) is 3.13. The number of nitrogens with zero attached hydrogens (tertiary/aromatic N) is 4. The van der Waals surface area contributed by atoms with E-state index >= 15 is 0 Å². The van der Waals surface area contributed by atoms with Crippen LogP contribution in [-0.4, -0.2) is 38.8 Å². The fourth-order valence-electron chi connectivity index (χ4n) is 1.75. The third-order valence-corrected chi connectivity index (χ3v) is 3.07. The number of hydrogen-bond acceptors (Lipinski definition) is 5. The fraction of sp³-hybridized carbons (Fsp3) is 0.583. The largest absolute Gasteiger partial charge is 0.379 e. The Balaban J connectivity index is 2.19. The highest BCUT2D eigenvalue weighted by Crippen LogP contribution is 2.22. The van der Waals surface area contributed by atoms with Crippen LogP contribution in [0.4, 0.5) is 5.82 Å². The van der Waals surface area contributed by atoms with Gasteiger partial charge in [0, 0.05) is 18.2 Å². The SMILES string of the molecule is CCCOCC(C)Nc1c(C)c(Cl)nc2ncnn12. The van der Waals surface area contributed by atoms with Crippen LogP contribution in [-0.2, 0) is 4.74 Å². The molecule has 1 unspecified atom stereocenters. The van der Waals surface area contributed by atoms with Gasteiger partial charge in [-0.05, 0) is 20.3 Å². The van der Waals surface area contributed by atoms with E-state index in [1.807, 2.05) is 13.8 Å². The molecule has 1 atom stereocenters. The van der Waals surface area contributed by atoms with Gasteiger partial charge in [0.15, 0.2) is 0 Å². The van der Waals surface area contributed by atoms with Crippen LogP contribution in [0.25, 0.3) is 5.78 Å². The molecule has 0 aromatic carbocycles. The Labute approximate surface area is 117 Å². The number of fused-ring (bicyclic) bond motifs is 1. The van der Waals surface area contributed by atoms with Gasteiger partial charge in [-0.2, -0.15) is 19.6 Å². The monoisotopic (exact) mass is 283 g/mol. The van der Waals surface area contributed by atoms with Gasteiger partial charge in [-0.3, -0.25) is 0 Å². The van der Waals surface area contributed by atoms with Gasteiger partial charge >= 0.3 is 0 Å². The molecule has 19 heavy (non-hydrogen) atoms. The molecule has 0 spiro atoms. The molecule has 2 aromatic rings. The lowest BCUT2D eigenvalue weighted by atomic mass is 10.3. The van der Waals surface area contributed by atoms with Gasteiger partial charge in [-0.1, -0.05) is 18.5 Å². The highest BCUT2D eigenvalue weighted by Gasteiger charge is 2.14. The first-order valence-corrected chi connectivity index (χ1v) is 6.71. The lowest BCUT2D eigenvalue weighted by molar-refractivity contribution is 0.129. The second-order valence-electron chi connectivity index (χ2n) is 4.47. The summed E-state index contributed by atoms with van der Waals surface area (Å²) < 4.78 is 7.17. The van der Waals surface area contributed by atoms with Crippen LogP contribution in [0.1, 0.15) is 25.8 Å². The first-order chi connectivity index (χ1) is 9.13. The summed E-state index contributed by atoms with van der Waals surface area (Å²) in [5.41, 5.74) is 0.849. The highest BCUT2D eigenvalue weighted by molar-refractivity contribution is 6.30.